The molecule has 3 atom stereocenters. The van der Waals surface area contributed by atoms with Gasteiger partial charge in [-0.15, -0.1) is 0 Å². The highest BCUT2D eigenvalue weighted by molar-refractivity contribution is 7.47. The third-order valence-corrected chi connectivity index (χ3v) is 10.5. The quantitative estimate of drug-likeness (QED) is 0.0231. The van der Waals surface area contributed by atoms with Gasteiger partial charge in [0, 0.05) is 12.8 Å². The van der Waals surface area contributed by atoms with Gasteiger partial charge in [0.1, 0.15) is 12.6 Å². The van der Waals surface area contributed by atoms with Gasteiger partial charge in [-0.2, -0.15) is 0 Å². The van der Waals surface area contributed by atoms with E-state index in [1.165, 1.54) is 96.3 Å². The Morgan fingerprint density at radius 3 is 1.41 bits per heavy atom. The summed E-state index contributed by atoms with van der Waals surface area (Å²) in [4.78, 5) is 46.0. The van der Waals surface area contributed by atoms with E-state index < -0.39 is 51.1 Å². The Hall–Kier alpha value is -2.56. The van der Waals surface area contributed by atoms with Crippen molar-refractivity contribution in [3.8, 4) is 0 Å². The smallest absolute Gasteiger partial charge is 0.472 e. The average molecular weight is 840 g/mol. The van der Waals surface area contributed by atoms with Crippen LogP contribution in [0.3, 0.4) is 0 Å². The summed E-state index contributed by atoms with van der Waals surface area (Å²) in [5, 5.41) is 8.89. The average Bonchev–Trinajstić information content (AvgIpc) is 3.20. The van der Waals surface area contributed by atoms with Crippen LogP contribution in [0, 0.1) is 0 Å². The van der Waals surface area contributed by atoms with Crippen molar-refractivity contribution in [2.75, 3.05) is 19.8 Å². The molecule has 0 aromatic heterocycles. The summed E-state index contributed by atoms with van der Waals surface area (Å²) in [6.07, 6.45) is 46.0. The van der Waals surface area contributed by atoms with Gasteiger partial charge in [0.25, 0.3) is 0 Å². The van der Waals surface area contributed by atoms with E-state index in [-0.39, 0.29) is 19.4 Å². The first kappa shape index (κ1) is 55.4. The lowest BCUT2D eigenvalue weighted by atomic mass is 10.1. The van der Waals surface area contributed by atoms with Crippen LogP contribution in [-0.2, 0) is 37.5 Å². The van der Waals surface area contributed by atoms with Crippen LogP contribution in [0.15, 0.2) is 48.6 Å². The second-order valence-corrected chi connectivity index (χ2v) is 16.6. The van der Waals surface area contributed by atoms with E-state index in [0.29, 0.717) is 12.8 Å². The van der Waals surface area contributed by atoms with E-state index in [0.717, 1.165) is 57.8 Å². The van der Waals surface area contributed by atoms with Crippen LogP contribution < -0.4 is 5.73 Å². The van der Waals surface area contributed by atoms with E-state index in [4.69, 9.17) is 24.8 Å². The molecular weight excluding hydrogens is 757 g/mol. The third kappa shape index (κ3) is 40.2. The van der Waals surface area contributed by atoms with Crippen LogP contribution in [0.2, 0.25) is 0 Å². The first-order chi connectivity index (χ1) is 28.1. The van der Waals surface area contributed by atoms with Gasteiger partial charge in [0.05, 0.1) is 13.2 Å². The summed E-state index contributed by atoms with van der Waals surface area (Å²) < 4.78 is 32.7. The van der Waals surface area contributed by atoms with Crippen LogP contribution in [0.5, 0.6) is 0 Å². The largest absolute Gasteiger partial charge is 0.480 e. The van der Waals surface area contributed by atoms with E-state index in [2.05, 4.69) is 67.0 Å². The Labute approximate surface area is 352 Å². The number of hydrogen-bond acceptors (Lipinski definition) is 9. The summed E-state index contributed by atoms with van der Waals surface area (Å²) in [6, 6.07) is -1.53. The number of carbonyl (C=O) groups excluding carboxylic acids is 2. The van der Waals surface area contributed by atoms with Crippen molar-refractivity contribution in [2.24, 2.45) is 5.73 Å². The fourth-order valence-corrected chi connectivity index (χ4v) is 6.73. The van der Waals surface area contributed by atoms with Gasteiger partial charge in [0.15, 0.2) is 6.10 Å². The number of carboxylic acids is 1. The first-order valence-electron chi connectivity index (χ1n) is 22.7. The molecular formula is C46H82NO10P. The molecule has 58 heavy (non-hydrogen) atoms. The molecule has 0 aliphatic rings. The van der Waals surface area contributed by atoms with Crippen molar-refractivity contribution in [2.45, 2.75) is 206 Å². The monoisotopic (exact) mass is 840 g/mol. The predicted molar refractivity (Wildman–Crippen MR) is 235 cm³/mol. The first-order valence-corrected chi connectivity index (χ1v) is 24.2. The molecule has 336 valence electrons. The maximum atomic E-state index is 12.6. The van der Waals surface area contributed by atoms with Crippen LogP contribution in [0.1, 0.15) is 194 Å². The maximum Gasteiger partial charge on any atom is 0.472 e. The summed E-state index contributed by atoms with van der Waals surface area (Å²) >= 11 is 0. The lowest BCUT2D eigenvalue weighted by Crippen LogP contribution is -2.34. The van der Waals surface area contributed by atoms with Gasteiger partial charge in [-0.05, 0) is 77.0 Å². The van der Waals surface area contributed by atoms with Crippen molar-refractivity contribution in [1.82, 2.24) is 0 Å². The minimum atomic E-state index is -4.73. The molecule has 0 aliphatic heterocycles. The number of phosphoric ester groups is 1. The zero-order valence-electron chi connectivity index (χ0n) is 36.4. The maximum absolute atomic E-state index is 12.6. The highest BCUT2D eigenvalue weighted by Crippen LogP contribution is 2.43. The number of unbranched alkanes of at least 4 members (excludes halogenated alkanes) is 20. The third-order valence-electron chi connectivity index (χ3n) is 9.55. The van der Waals surface area contributed by atoms with E-state index in [1.54, 1.807) is 0 Å². The summed E-state index contributed by atoms with van der Waals surface area (Å²) in [6.45, 7) is 2.74. The van der Waals surface area contributed by atoms with Gasteiger partial charge < -0.3 is 25.2 Å². The number of phosphoric acid groups is 1. The predicted octanol–water partition coefficient (Wildman–Crippen LogP) is 12.2. The molecule has 0 aromatic carbocycles. The Balaban J connectivity index is 4.37. The summed E-state index contributed by atoms with van der Waals surface area (Å²) in [5.41, 5.74) is 5.33. The molecule has 0 bridgehead atoms. The van der Waals surface area contributed by atoms with Crippen molar-refractivity contribution in [3.05, 3.63) is 48.6 Å². The number of carboxylic acid groups (broad SMARTS) is 1. The molecule has 0 aromatic rings. The minimum Gasteiger partial charge on any atom is -0.480 e. The number of hydrogen-bond donors (Lipinski definition) is 3. The summed E-state index contributed by atoms with van der Waals surface area (Å²) in [5.74, 6) is -2.43. The lowest BCUT2D eigenvalue weighted by Gasteiger charge is -2.20. The number of aliphatic carboxylic acids is 1. The fourth-order valence-electron chi connectivity index (χ4n) is 5.95. The van der Waals surface area contributed by atoms with Crippen LogP contribution in [0.4, 0.5) is 0 Å². The highest BCUT2D eigenvalue weighted by atomic mass is 31.2. The number of carbonyl (C=O) groups is 3. The minimum absolute atomic E-state index is 0.117. The topological polar surface area (TPSA) is 172 Å². The number of nitrogens with two attached hydrogens (primary N) is 1. The van der Waals surface area contributed by atoms with Crippen molar-refractivity contribution >= 4 is 25.7 Å². The number of allylic oxidation sites excluding steroid dienone is 8. The van der Waals surface area contributed by atoms with Gasteiger partial charge in [0.2, 0.25) is 0 Å². The molecule has 0 spiro atoms. The molecule has 11 nitrogen and oxygen atoms in total. The van der Waals surface area contributed by atoms with Crippen molar-refractivity contribution in [3.63, 3.8) is 0 Å². The molecule has 0 rings (SSSR count). The van der Waals surface area contributed by atoms with Gasteiger partial charge in [-0.1, -0.05) is 152 Å². The zero-order valence-corrected chi connectivity index (χ0v) is 37.3. The Morgan fingerprint density at radius 2 is 0.914 bits per heavy atom. The number of rotatable bonds is 42. The normalized spacial score (nSPS) is 14.1. The molecule has 12 heteroatoms. The Morgan fingerprint density at radius 1 is 0.534 bits per heavy atom. The van der Waals surface area contributed by atoms with Crippen LogP contribution >= 0.6 is 7.82 Å². The Kier molecular flexibility index (Phi) is 39.4. The second kappa shape index (κ2) is 41.2. The molecule has 1 unspecified atom stereocenters. The van der Waals surface area contributed by atoms with E-state index in [1.807, 2.05) is 0 Å². The van der Waals surface area contributed by atoms with Gasteiger partial charge in [-0.3, -0.25) is 23.4 Å². The van der Waals surface area contributed by atoms with Crippen LogP contribution in [0.25, 0.3) is 0 Å². The second-order valence-electron chi connectivity index (χ2n) is 15.2. The van der Waals surface area contributed by atoms with Crippen molar-refractivity contribution < 1.29 is 47.5 Å². The van der Waals surface area contributed by atoms with Crippen molar-refractivity contribution in [1.29, 1.82) is 0 Å². The van der Waals surface area contributed by atoms with Crippen LogP contribution in [-0.4, -0.2) is 59.9 Å². The van der Waals surface area contributed by atoms with Gasteiger partial charge >= 0.3 is 25.7 Å². The highest BCUT2D eigenvalue weighted by Gasteiger charge is 2.28. The fraction of sp³-hybridized carbons (Fsp3) is 0.761. The number of ether oxygens (including phenoxy) is 2. The lowest BCUT2D eigenvalue weighted by molar-refractivity contribution is -0.161. The molecule has 0 fully saturated rings. The molecule has 0 saturated carbocycles. The molecule has 0 heterocycles. The molecule has 0 aliphatic carbocycles. The zero-order chi connectivity index (χ0) is 42.8. The standard InChI is InChI=1S/C46H82NO10P/c1-3-5-7-9-11-13-15-17-19-20-21-22-24-25-27-29-31-33-35-37-44(48)54-39-42(40-55-58(52,53)56-41-43(47)46(50)51)57-45(49)38-36-34-32-30-28-26-23-18-16-14-12-10-8-6-4-2/h11,13,17-19,23,28,30,42-43H,3-10,12,14-16,20-22,24-27,29,31-41,47H2,1-2H3,(H,50,51)(H,52,53)/b13-11+,19-17+,23-18+,30-28+/t42-,43+/m1/s1. The van der Waals surface area contributed by atoms with E-state index >= 15 is 0 Å². The molecule has 0 radical (unpaired) electrons. The molecule has 4 N–H and O–H groups in total. The molecule has 0 saturated heterocycles. The van der Waals surface area contributed by atoms with Gasteiger partial charge in [-0.25, -0.2) is 4.57 Å². The Bertz CT molecular complexity index is 1170. The number of esters is 2. The van der Waals surface area contributed by atoms with E-state index in [9.17, 15) is 23.8 Å². The SMILES string of the molecule is CCCCC/C=C/C/C=C/CCCCCCCCCCCC(=O)OC[C@H](COP(=O)(O)OC[C@H](N)C(=O)O)OC(=O)CCCC/C=C/C/C=C/CCCCCCCC. The summed E-state index contributed by atoms with van der Waals surface area (Å²) in [7, 11) is -4.73. The molecule has 0 amide bonds.